The quantitative estimate of drug-likeness (QED) is 0.792. The standard InChI is InChI=1S/C10H9ClFN3S/c1-15(5-7-2-3-8(11)16-7)10-4-9(12)13-6-14-10/h2-4,6H,5H2,1H3. The number of thiophene rings is 1. The van der Waals surface area contributed by atoms with Crippen LogP contribution in [-0.2, 0) is 6.54 Å². The molecule has 0 aliphatic rings. The largest absolute Gasteiger partial charge is 0.354 e. The molecule has 84 valence electrons. The topological polar surface area (TPSA) is 29.0 Å². The van der Waals surface area contributed by atoms with Crippen LogP contribution in [0.3, 0.4) is 0 Å². The molecule has 2 aromatic rings. The molecular weight excluding hydrogens is 249 g/mol. The van der Waals surface area contributed by atoms with Gasteiger partial charge in [-0.1, -0.05) is 11.6 Å². The minimum atomic E-state index is -0.527. The monoisotopic (exact) mass is 257 g/mol. The van der Waals surface area contributed by atoms with E-state index in [0.29, 0.717) is 12.4 Å². The average Bonchev–Trinajstić information content (AvgIpc) is 2.64. The van der Waals surface area contributed by atoms with Crippen molar-refractivity contribution < 1.29 is 4.39 Å². The lowest BCUT2D eigenvalue weighted by molar-refractivity contribution is 0.578. The molecule has 3 nitrogen and oxygen atoms in total. The summed E-state index contributed by atoms with van der Waals surface area (Å²) < 4.78 is 13.6. The van der Waals surface area contributed by atoms with Crippen molar-refractivity contribution in [2.24, 2.45) is 0 Å². The van der Waals surface area contributed by atoms with E-state index in [-0.39, 0.29) is 0 Å². The minimum Gasteiger partial charge on any atom is -0.354 e. The van der Waals surface area contributed by atoms with Gasteiger partial charge in [0.2, 0.25) is 5.95 Å². The lowest BCUT2D eigenvalue weighted by atomic mass is 10.4. The maximum Gasteiger partial charge on any atom is 0.218 e. The molecule has 0 radical (unpaired) electrons. The number of aromatic nitrogens is 2. The number of hydrogen-bond donors (Lipinski definition) is 0. The summed E-state index contributed by atoms with van der Waals surface area (Å²) >= 11 is 7.33. The van der Waals surface area contributed by atoms with Gasteiger partial charge in [0.05, 0.1) is 10.9 Å². The van der Waals surface area contributed by atoms with Gasteiger partial charge in [0.15, 0.2) is 0 Å². The number of nitrogens with zero attached hydrogens (tertiary/aromatic N) is 3. The molecule has 16 heavy (non-hydrogen) atoms. The van der Waals surface area contributed by atoms with Gasteiger partial charge in [0.1, 0.15) is 12.1 Å². The van der Waals surface area contributed by atoms with Gasteiger partial charge in [0.25, 0.3) is 0 Å². The zero-order chi connectivity index (χ0) is 11.5. The first-order valence-electron chi connectivity index (χ1n) is 4.58. The summed E-state index contributed by atoms with van der Waals surface area (Å²) in [6.45, 7) is 0.647. The second-order valence-electron chi connectivity index (χ2n) is 3.26. The Bertz CT molecular complexity index is 488. The van der Waals surface area contributed by atoms with Gasteiger partial charge < -0.3 is 4.90 Å². The molecule has 0 saturated heterocycles. The average molecular weight is 258 g/mol. The first kappa shape index (κ1) is 11.3. The van der Waals surface area contributed by atoms with Crippen LogP contribution in [0.4, 0.5) is 10.2 Å². The van der Waals surface area contributed by atoms with Gasteiger partial charge >= 0.3 is 0 Å². The highest BCUT2D eigenvalue weighted by molar-refractivity contribution is 7.16. The first-order valence-corrected chi connectivity index (χ1v) is 5.77. The fraction of sp³-hybridized carbons (Fsp3) is 0.200. The third-order valence-electron chi connectivity index (χ3n) is 2.03. The van der Waals surface area contributed by atoms with E-state index in [2.05, 4.69) is 9.97 Å². The van der Waals surface area contributed by atoms with Crippen LogP contribution in [0.25, 0.3) is 0 Å². The van der Waals surface area contributed by atoms with Crippen molar-refractivity contribution >= 4 is 28.8 Å². The first-order chi connectivity index (χ1) is 7.65. The van der Waals surface area contributed by atoms with Crippen LogP contribution in [0.2, 0.25) is 4.34 Å². The number of halogens is 2. The van der Waals surface area contributed by atoms with Crippen LogP contribution in [0, 0.1) is 5.95 Å². The summed E-state index contributed by atoms with van der Waals surface area (Å²) in [7, 11) is 1.84. The molecule has 6 heteroatoms. The van der Waals surface area contributed by atoms with Crippen molar-refractivity contribution in [2.45, 2.75) is 6.54 Å². The van der Waals surface area contributed by atoms with Gasteiger partial charge in [-0.15, -0.1) is 11.3 Å². The van der Waals surface area contributed by atoms with E-state index in [4.69, 9.17) is 11.6 Å². The van der Waals surface area contributed by atoms with E-state index < -0.39 is 5.95 Å². The van der Waals surface area contributed by atoms with Crippen LogP contribution < -0.4 is 4.90 Å². The van der Waals surface area contributed by atoms with Gasteiger partial charge in [-0.2, -0.15) is 4.39 Å². The van der Waals surface area contributed by atoms with Gasteiger partial charge in [-0.25, -0.2) is 9.97 Å². The molecule has 0 bridgehead atoms. The van der Waals surface area contributed by atoms with Crippen LogP contribution in [0.15, 0.2) is 24.5 Å². The van der Waals surface area contributed by atoms with Crippen molar-refractivity contribution in [3.05, 3.63) is 39.7 Å². The Morgan fingerprint density at radius 1 is 1.44 bits per heavy atom. The Morgan fingerprint density at radius 2 is 2.25 bits per heavy atom. The van der Waals surface area contributed by atoms with Crippen LogP contribution in [0.5, 0.6) is 0 Å². The molecule has 0 atom stereocenters. The molecule has 0 aliphatic heterocycles. The van der Waals surface area contributed by atoms with Crippen molar-refractivity contribution in [3.8, 4) is 0 Å². The Morgan fingerprint density at radius 3 is 2.88 bits per heavy atom. The number of anilines is 1. The highest BCUT2D eigenvalue weighted by atomic mass is 35.5. The smallest absolute Gasteiger partial charge is 0.218 e. The molecule has 0 amide bonds. The summed E-state index contributed by atoms with van der Waals surface area (Å²) in [5.74, 6) is 0.0260. The molecule has 0 spiro atoms. The normalized spacial score (nSPS) is 10.4. The molecule has 2 rings (SSSR count). The molecule has 0 unspecified atom stereocenters. The van der Waals surface area contributed by atoms with Crippen LogP contribution in [-0.4, -0.2) is 17.0 Å². The Labute approximate surface area is 102 Å². The zero-order valence-corrected chi connectivity index (χ0v) is 10.1. The van der Waals surface area contributed by atoms with E-state index >= 15 is 0 Å². The van der Waals surface area contributed by atoms with E-state index in [1.165, 1.54) is 23.7 Å². The van der Waals surface area contributed by atoms with Crippen molar-refractivity contribution in [1.29, 1.82) is 0 Å². The van der Waals surface area contributed by atoms with E-state index in [1.807, 2.05) is 24.1 Å². The Hall–Kier alpha value is -1.20. The second-order valence-corrected chi connectivity index (χ2v) is 5.06. The van der Waals surface area contributed by atoms with E-state index in [9.17, 15) is 4.39 Å². The predicted molar refractivity (Wildman–Crippen MR) is 63.4 cm³/mol. The lowest BCUT2D eigenvalue weighted by Gasteiger charge is -2.16. The Balaban J connectivity index is 2.11. The van der Waals surface area contributed by atoms with Crippen LogP contribution in [0.1, 0.15) is 4.88 Å². The summed E-state index contributed by atoms with van der Waals surface area (Å²) in [6.07, 6.45) is 1.21. The number of rotatable bonds is 3. The Kier molecular flexibility index (Phi) is 3.36. The molecule has 0 saturated carbocycles. The molecule has 0 fully saturated rings. The predicted octanol–water partition coefficient (Wildman–Crippen LogP) is 2.97. The molecule has 0 N–H and O–H groups in total. The summed E-state index contributed by atoms with van der Waals surface area (Å²) in [5, 5.41) is 0. The molecular formula is C10H9ClFN3S. The van der Waals surface area contributed by atoms with Crippen molar-refractivity contribution in [3.63, 3.8) is 0 Å². The summed E-state index contributed by atoms with van der Waals surface area (Å²) in [6, 6.07) is 5.09. The second kappa shape index (κ2) is 4.76. The fourth-order valence-electron chi connectivity index (χ4n) is 1.28. The highest BCUT2D eigenvalue weighted by Crippen LogP contribution is 2.23. The summed E-state index contributed by atoms with van der Waals surface area (Å²) in [4.78, 5) is 10.3. The SMILES string of the molecule is CN(Cc1ccc(Cl)s1)c1cc(F)ncn1. The molecule has 0 aliphatic carbocycles. The number of hydrogen-bond acceptors (Lipinski definition) is 4. The maximum absolute atomic E-state index is 12.9. The van der Waals surface area contributed by atoms with Gasteiger partial charge in [-0.3, -0.25) is 0 Å². The van der Waals surface area contributed by atoms with Crippen LogP contribution >= 0.6 is 22.9 Å². The third-order valence-corrected chi connectivity index (χ3v) is 3.25. The molecule has 0 aromatic carbocycles. The van der Waals surface area contributed by atoms with E-state index in [1.54, 1.807) is 0 Å². The van der Waals surface area contributed by atoms with Gasteiger partial charge in [-0.05, 0) is 12.1 Å². The molecule has 2 heterocycles. The third kappa shape index (κ3) is 2.68. The van der Waals surface area contributed by atoms with Crippen molar-refractivity contribution in [2.75, 3.05) is 11.9 Å². The molecule has 2 aromatic heterocycles. The zero-order valence-electron chi connectivity index (χ0n) is 8.52. The minimum absolute atomic E-state index is 0.527. The van der Waals surface area contributed by atoms with Gasteiger partial charge in [0, 0.05) is 18.0 Å². The highest BCUT2D eigenvalue weighted by Gasteiger charge is 2.06. The maximum atomic E-state index is 12.9. The van der Waals surface area contributed by atoms with Crippen molar-refractivity contribution in [1.82, 2.24) is 9.97 Å². The fourth-order valence-corrected chi connectivity index (χ4v) is 2.43. The summed E-state index contributed by atoms with van der Waals surface area (Å²) in [5.41, 5.74) is 0. The van der Waals surface area contributed by atoms with E-state index in [0.717, 1.165) is 9.21 Å². The lowest BCUT2D eigenvalue weighted by Crippen LogP contribution is -2.17.